The van der Waals surface area contributed by atoms with Crippen LogP contribution in [0.5, 0.6) is 0 Å². The van der Waals surface area contributed by atoms with Crippen molar-refractivity contribution in [2.24, 2.45) is 0 Å². The molecule has 0 spiro atoms. The number of nitrogens with one attached hydrogen (secondary N) is 2. The highest BCUT2D eigenvalue weighted by molar-refractivity contribution is 5.47. The predicted octanol–water partition coefficient (Wildman–Crippen LogP) is 2.87. The van der Waals surface area contributed by atoms with Crippen molar-refractivity contribution in [3.05, 3.63) is 29.8 Å². The molecule has 1 aliphatic heterocycles. The SMILES string of the molecule is FC(F)(F)c1cccc(NC2CCNCC2)c1. The van der Waals surface area contributed by atoms with Gasteiger partial charge < -0.3 is 10.6 Å². The van der Waals surface area contributed by atoms with Crippen LogP contribution in [0.1, 0.15) is 18.4 Å². The molecule has 1 heterocycles. The molecule has 17 heavy (non-hydrogen) atoms. The van der Waals surface area contributed by atoms with Crippen molar-refractivity contribution in [3.63, 3.8) is 0 Å². The van der Waals surface area contributed by atoms with Gasteiger partial charge in [0, 0.05) is 11.7 Å². The zero-order chi connectivity index (χ0) is 12.3. The normalized spacial score (nSPS) is 18.1. The second-order valence-electron chi connectivity index (χ2n) is 4.25. The Morgan fingerprint density at radius 3 is 2.53 bits per heavy atom. The maximum Gasteiger partial charge on any atom is 0.416 e. The Morgan fingerprint density at radius 1 is 1.18 bits per heavy atom. The molecule has 0 aromatic heterocycles. The van der Waals surface area contributed by atoms with E-state index in [0.29, 0.717) is 5.69 Å². The van der Waals surface area contributed by atoms with Gasteiger partial charge in [-0.3, -0.25) is 0 Å². The number of rotatable bonds is 2. The van der Waals surface area contributed by atoms with Gasteiger partial charge in [0.1, 0.15) is 0 Å². The lowest BCUT2D eigenvalue weighted by atomic mass is 10.1. The van der Waals surface area contributed by atoms with Gasteiger partial charge in [-0.25, -0.2) is 0 Å². The van der Waals surface area contributed by atoms with Gasteiger partial charge in [-0.2, -0.15) is 13.2 Å². The summed E-state index contributed by atoms with van der Waals surface area (Å²) in [6, 6.07) is 5.64. The molecule has 2 nitrogen and oxygen atoms in total. The number of halogens is 3. The van der Waals surface area contributed by atoms with Crippen LogP contribution in [0.2, 0.25) is 0 Å². The molecule has 1 aromatic carbocycles. The molecule has 2 N–H and O–H groups in total. The van der Waals surface area contributed by atoms with E-state index in [1.54, 1.807) is 6.07 Å². The van der Waals surface area contributed by atoms with Crippen molar-refractivity contribution in [2.75, 3.05) is 18.4 Å². The maximum atomic E-state index is 12.5. The lowest BCUT2D eigenvalue weighted by Crippen LogP contribution is -2.35. The van der Waals surface area contributed by atoms with Crippen LogP contribution in [0.3, 0.4) is 0 Å². The first-order chi connectivity index (χ1) is 8.05. The smallest absolute Gasteiger partial charge is 0.382 e. The zero-order valence-electron chi connectivity index (χ0n) is 9.35. The second-order valence-corrected chi connectivity index (χ2v) is 4.25. The van der Waals surface area contributed by atoms with E-state index in [4.69, 9.17) is 0 Å². The molecule has 0 saturated carbocycles. The van der Waals surface area contributed by atoms with E-state index in [9.17, 15) is 13.2 Å². The lowest BCUT2D eigenvalue weighted by Gasteiger charge is -2.25. The van der Waals surface area contributed by atoms with Crippen molar-refractivity contribution >= 4 is 5.69 Å². The minimum absolute atomic E-state index is 0.264. The van der Waals surface area contributed by atoms with Gasteiger partial charge in [0.2, 0.25) is 0 Å². The molecule has 0 amide bonds. The summed E-state index contributed by atoms with van der Waals surface area (Å²) >= 11 is 0. The third kappa shape index (κ3) is 3.36. The Bertz CT molecular complexity index is 370. The minimum atomic E-state index is -4.27. The molecule has 1 aliphatic rings. The van der Waals surface area contributed by atoms with Crippen LogP contribution in [0.4, 0.5) is 18.9 Å². The highest BCUT2D eigenvalue weighted by atomic mass is 19.4. The fourth-order valence-corrected chi connectivity index (χ4v) is 1.99. The zero-order valence-corrected chi connectivity index (χ0v) is 9.35. The standard InChI is InChI=1S/C12H15F3N2/c13-12(14,15)9-2-1-3-11(8-9)17-10-4-6-16-7-5-10/h1-3,8,10,16-17H,4-7H2. The van der Waals surface area contributed by atoms with E-state index < -0.39 is 11.7 Å². The highest BCUT2D eigenvalue weighted by Crippen LogP contribution is 2.30. The molecule has 1 aromatic rings. The van der Waals surface area contributed by atoms with E-state index in [1.165, 1.54) is 12.1 Å². The molecule has 1 fully saturated rings. The fourth-order valence-electron chi connectivity index (χ4n) is 1.99. The van der Waals surface area contributed by atoms with Crippen molar-refractivity contribution in [1.82, 2.24) is 5.32 Å². The number of hydrogen-bond acceptors (Lipinski definition) is 2. The first kappa shape index (κ1) is 12.2. The molecular weight excluding hydrogens is 229 g/mol. The van der Waals surface area contributed by atoms with E-state index in [0.717, 1.165) is 32.0 Å². The van der Waals surface area contributed by atoms with Gasteiger partial charge in [-0.05, 0) is 44.1 Å². The van der Waals surface area contributed by atoms with Crippen LogP contribution in [-0.4, -0.2) is 19.1 Å². The van der Waals surface area contributed by atoms with Crippen LogP contribution in [-0.2, 0) is 6.18 Å². The molecule has 94 valence electrons. The third-order valence-electron chi connectivity index (χ3n) is 2.90. The Hall–Kier alpha value is -1.23. The lowest BCUT2D eigenvalue weighted by molar-refractivity contribution is -0.137. The number of benzene rings is 1. The molecule has 0 radical (unpaired) electrons. The average molecular weight is 244 g/mol. The number of anilines is 1. The molecular formula is C12H15F3N2. The van der Waals surface area contributed by atoms with Gasteiger partial charge in [0.25, 0.3) is 0 Å². The summed E-state index contributed by atoms with van der Waals surface area (Å²) in [4.78, 5) is 0. The minimum Gasteiger partial charge on any atom is -0.382 e. The summed E-state index contributed by atoms with van der Waals surface area (Å²) in [7, 11) is 0. The monoisotopic (exact) mass is 244 g/mol. The van der Waals surface area contributed by atoms with Crippen molar-refractivity contribution in [2.45, 2.75) is 25.1 Å². The second kappa shape index (κ2) is 4.96. The van der Waals surface area contributed by atoms with Crippen molar-refractivity contribution in [3.8, 4) is 0 Å². The van der Waals surface area contributed by atoms with E-state index in [1.807, 2.05) is 0 Å². The molecule has 5 heteroatoms. The van der Waals surface area contributed by atoms with Crippen molar-refractivity contribution in [1.29, 1.82) is 0 Å². The Kier molecular flexibility index (Phi) is 3.57. The average Bonchev–Trinajstić information content (AvgIpc) is 2.29. The first-order valence-electron chi connectivity index (χ1n) is 5.70. The Morgan fingerprint density at radius 2 is 1.88 bits per heavy atom. The first-order valence-corrected chi connectivity index (χ1v) is 5.70. The molecule has 0 atom stereocenters. The van der Waals surface area contributed by atoms with E-state index in [2.05, 4.69) is 10.6 Å². The summed E-state index contributed by atoms with van der Waals surface area (Å²) in [5.41, 5.74) is -0.0526. The summed E-state index contributed by atoms with van der Waals surface area (Å²) in [5.74, 6) is 0. The maximum absolute atomic E-state index is 12.5. The number of hydrogen-bond donors (Lipinski definition) is 2. The summed E-state index contributed by atoms with van der Waals surface area (Å²) in [6.45, 7) is 1.83. The molecule has 1 saturated heterocycles. The summed E-state index contributed by atoms with van der Waals surface area (Å²) in [6.07, 6.45) is -2.39. The van der Waals surface area contributed by atoms with Crippen LogP contribution in [0.15, 0.2) is 24.3 Å². The molecule has 0 unspecified atom stereocenters. The molecule has 0 aliphatic carbocycles. The largest absolute Gasteiger partial charge is 0.416 e. The third-order valence-corrected chi connectivity index (χ3v) is 2.90. The van der Waals surface area contributed by atoms with Gasteiger partial charge in [0.15, 0.2) is 0 Å². The van der Waals surface area contributed by atoms with Gasteiger partial charge in [-0.1, -0.05) is 6.07 Å². The number of alkyl halides is 3. The van der Waals surface area contributed by atoms with Gasteiger partial charge >= 0.3 is 6.18 Å². The Balaban J connectivity index is 2.05. The van der Waals surface area contributed by atoms with Gasteiger partial charge in [-0.15, -0.1) is 0 Å². The van der Waals surface area contributed by atoms with Gasteiger partial charge in [0.05, 0.1) is 5.56 Å². The molecule has 2 rings (SSSR count). The Labute approximate surface area is 98.2 Å². The number of piperidine rings is 1. The highest BCUT2D eigenvalue weighted by Gasteiger charge is 2.30. The molecule has 0 bridgehead atoms. The van der Waals surface area contributed by atoms with Crippen LogP contribution in [0.25, 0.3) is 0 Å². The quantitative estimate of drug-likeness (QED) is 0.836. The topological polar surface area (TPSA) is 24.1 Å². The summed E-state index contributed by atoms with van der Waals surface area (Å²) in [5, 5.41) is 6.37. The fraction of sp³-hybridized carbons (Fsp3) is 0.500. The van der Waals surface area contributed by atoms with E-state index >= 15 is 0 Å². The van der Waals surface area contributed by atoms with Crippen LogP contribution >= 0.6 is 0 Å². The van der Waals surface area contributed by atoms with Crippen LogP contribution < -0.4 is 10.6 Å². The van der Waals surface area contributed by atoms with E-state index in [-0.39, 0.29) is 6.04 Å². The summed E-state index contributed by atoms with van der Waals surface area (Å²) < 4.78 is 37.5. The van der Waals surface area contributed by atoms with Crippen molar-refractivity contribution < 1.29 is 13.2 Å². The van der Waals surface area contributed by atoms with Crippen LogP contribution in [0, 0.1) is 0 Å². The predicted molar refractivity (Wildman–Crippen MR) is 61.0 cm³/mol.